The number of rotatable bonds is 6. The van der Waals surface area contributed by atoms with Crippen molar-refractivity contribution in [2.45, 2.75) is 32.7 Å². The topological polar surface area (TPSA) is 66.9 Å². The first-order valence-electron chi connectivity index (χ1n) is 9.25. The van der Waals surface area contributed by atoms with E-state index in [4.69, 9.17) is 4.74 Å². The lowest BCUT2D eigenvalue weighted by atomic mass is 10.1. The van der Waals surface area contributed by atoms with Crippen LogP contribution in [0.2, 0.25) is 0 Å². The zero-order chi connectivity index (χ0) is 20.3. The Morgan fingerprint density at radius 1 is 1.14 bits per heavy atom. The van der Waals surface area contributed by atoms with Crippen LogP contribution in [0.3, 0.4) is 0 Å². The minimum Gasteiger partial charge on any atom is -0.496 e. The van der Waals surface area contributed by atoms with Crippen molar-refractivity contribution in [2.24, 2.45) is 0 Å². The molecular weight excluding hydrogens is 356 g/mol. The molecule has 0 saturated carbocycles. The molecule has 1 atom stereocenters. The summed E-state index contributed by atoms with van der Waals surface area (Å²) in [4.78, 5) is 40.6. The number of nitrogens with zero attached hydrogens (tertiary/aromatic N) is 2. The van der Waals surface area contributed by atoms with Crippen LogP contribution in [-0.2, 0) is 20.8 Å². The number of methoxy groups -OCH3 is 1. The summed E-state index contributed by atoms with van der Waals surface area (Å²) in [5.41, 5.74) is 2.37. The van der Waals surface area contributed by atoms with E-state index >= 15 is 0 Å². The Morgan fingerprint density at radius 2 is 1.82 bits per heavy atom. The minimum absolute atomic E-state index is 0.00132. The SMILES string of the molecule is COc1ccccc1CCN(C(C)=O)C1CC(=O)N(c2ccccc2C)C1=O. The molecule has 0 bridgehead atoms. The quantitative estimate of drug-likeness (QED) is 0.723. The molecule has 0 N–H and O–H groups in total. The Bertz CT molecular complexity index is 909. The van der Waals surface area contributed by atoms with E-state index < -0.39 is 6.04 Å². The summed E-state index contributed by atoms with van der Waals surface area (Å²) in [5.74, 6) is -0.128. The third kappa shape index (κ3) is 3.76. The van der Waals surface area contributed by atoms with Gasteiger partial charge in [-0.1, -0.05) is 36.4 Å². The van der Waals surface area contributed by atoms with Crippen LogP contribution in [-0.4, -0.2) is 42.3 Å². The molecule has 1 fully saturated rings. The number of carbonyl (C=O) groups excluding carboxylic acids is 3. The standard InChI is InChI=1S/C22H24N2O4/c1-15-8-4-6-10-18(15)24-21(26)14-19(22(24)27)23(16(2)25)13-12-17-9-5-7-11-20(17)28-3/h4-11,19H,12-14H2,1-3H3. The lowest BCUT2D eigenvalue weighted by molar-refractivity contribution is -0.136. The second-order valence-corrected chi connectivity index (χ2v) is 6.85. The van der Waals surface area contributed by atoms with Gasteiger partial charge in [0.05, 0.1) is 19.2 Å². The number of benzene rings is 2. The monoisotopic (exact) mass is 380 g/mol. The summed E-state index contributed by atoms with van der Waals surface area (Å²) in [7, 11) is 1.60. The van der Waals surface area contributed by atoms with Crippen molar-refractivity contribution < 1.29 is 19.1 Å². The third-order valence-corrected chi connectivity index (χ3v) is 5.07. The first-order valence-corrected chi connectivity index (χ1v) is 9.25. The van der Waals surface area contributed by atoms with Gasteiger partial charge in [0, 0.05) is 13.5 Å². The second-order valence-electron chi connectivity index (χ2n) is 6.85. The molecule has 1 heterocycles. The summed E-state index contributed by atoms with van der Waals surface area (Å²) in [6.07, 6.45) is 0.532. The van der Waals surface area contributed by atoms with Gasteiger partial charge in [-0.3, -0.25) is 14.4 Å². The number of amides is 3. The van der Waals surface area contributed by atoms with Gasteiger partial charge in [0.25, 0.3) is 5.91 Å². The Morgan fingerprint density at radius 3 is 2.50 bits per heavy atom. The van der Waals surface area contributed by atoms with E-state index in [9.17, 15) is 14.4 Å². The van der Waals surface area contributed by atoms with Crippen LogP contribution in [0.1, 0.15) is 24.5 Å². The van der Waals surface area contributed by atoms with Gasteiger partial charge in [-0.05, 0) is 36.6 Å². The lowest BCUT2D eigenvalue weighted by Crippen LogP contribution is -2.45. The van der Waals surface area contributed by atoms with Crippen molar-refractivity contribution in [3.63, 3.8) is 0 Å². The van der Waals surface area contributed by atoms with Gasteiger partial charge in [-0.25, -0.2) is 4.90 Å². The molecule has 0 aromatic heterocycles. The van der Waals surface area contributed by atoms with Crippen molar-refractivity contribution in [1.29, 1.82) is 0 Å². The van der Waals surface area contributed by atoms with Gasteiger partial charge in [0.1, 0.15) is 11.8 Å². The molecule has 1 aliphatic rings. The van der Waals surface area contributed by atoms with Crippen molar-refractivity contribution in [1.82, 2.24) is 4.90 Å². The Kier molecular flexibility index (Phi) is 5.78. The highest BCUT2D eigenvalue weighted by Crippen LogP contribution is 2.28. The number of anilines is 1. The number of ether oxygens (including phenoxy) is 1. The molecule has 0 aliphatic carbocycles. The number of aryl methyl sites for hydroxylation is 1. The maximum atomic E-state index is 13.0. The molecule has 6 heteroatoms. The summed E-state index contributed by atoms with van der Waals surface area (Å²) < 4.78 is 5.36. The fourth-order valence-electron chi connectivity index (χ4n) is 3.61. The highest BCUT2D eigenvalue weighted by molar-refractivity contribution is 6.23. The molecule has 1 unspecified atom stereocenters. The highest BCUT2D eigenvalue weighted by Gasteiger charge is 2.43. The zero-order valence-corrected chi connectivity index (χ0v) is 16.3. The number of para-hydroxylation sites is 2. The average Bonchev–Trinajstić information content (AvgIpc) is 2.96. The Hall–Kier alpha value is -3.15. The van der Waals surface area contributed by atoms with Crippen LogP contribution < -0.4 is 9.64 Å². The van der Waals surface area contributed by atoms with Gasteiger partial charge in [-0.15, -0.1) is 0 Å². The molecule has 6 nitrogen and oxygen atoms in total. The van der Waals surface area contributed by atoms with Crippen molar-refractivity contribution in [2.75, 3.05) is 18.6 Å². The van der Waals surface area contributed by atoms with Gasteiger partial charge >= 0.3 is 0 Å². The smallest absolute Gasteiger partial charge is 0.257 e. The molecule has 146 valence electrons. The summed E-state index contributed by atoms with van der Waals surface area (Å²) in [6, 6.07) is 14.0. The molecule has 2 aromatic rings. The molecular formula is C22H24N2O4. The second kappa shape index (κ2) is 8.25. The zero-order valence-electron chi connectivity index (χ0n) is 16.3. The molecule has 0 spiro atoms. The number of hydrogen-bond donors (Lipinski definition) is 0. The number of hydrogen-bond acceptors (Lipinski definition) is 4. The molecule has 0 radical (unpaired) electrons. The Balaban J connectivity index is 1.81. The Labute approximate surface area is 164 Å². The van der Waals surface area contributed by atoms with E-state index in [2.05, 4.69) is 0 Å². The molecule has 3 rings (SSSR count). The molecule has 3 amide bonds. The van der Waals surface area contributed by atoms with E-state index in [-0.39, 0.29) is 24.1 Å². The van der Waals surface area contributed by atoms with Crippen molar-refractivity contribution in [3.8, 4) is 5.75 Å². The van der Waals surface area contributed by atoms with Gasteiger partial charge in [0.2, 0.25) is 11.8 Å². The van der Waals surface area contributed by atoms with Gasteiger partial charge in [-0.2, -0.15) is 0 Å². The largest absolute Gasteiger partial charge is 0.496 e. The third-order valence-electron chi connectivity index (χ3n) is 5.07. The van der Waals surface area contributed by atoms with Crippen LogP contribution >= 0.6 is 0 Å². The van der Waals surface area contributed by atoms with Gasteiger partial charge in [0.15, 0.2) is 0 Å². The number of carbonyl (C=O) groups is 3. The fraction of sp³-hybridized carbons (Fsp3) is 0.318. The fourth-order valence-corrected chi connectivity index (χ4v) is 3.61. The normalized spacial score (nSPS) is 16.4. The molecule has 2 aromatic carbocycles. The highest BCUT2D eigenvalue weighted by atomic mass is 16.5. The summed E-state index contributed by atoms with van der Waals surface area (Å²) in [6.45, 7) is 3.62. The maximum absolute atomic E-state index is 13.0. The minimum atomic E-state index is -0.778. The summed E-state index contributed by atoms with van der Waals surface area (Å²) >= 11 is 0. The van der Waals surface area contributed by atoms with Crippen molar-refractivity contribution in [3.05, 3.63) is 59.7 Å². The number of imide groups is 1. The predicted octanol–water partition coefficient (Wildman–Crippen LogP) is 2.73. The predicted molar refractivity (Wildman–Crippen MR) is 106 cm³/mol. The van der Waals surface area contributed by atoms with Gasteiger partial charge < -0.3 is 9.64 Å². The first kappa shape index (κ1) is 19.6. The molecule has 28 heavy (non-hydrogen) atoms. The molecule has 1 saturated heterocycles. The van der Waals surface area contributed by atoms with Crippen LogP contribution in [0.5, 0.6) is 5.75 Å². The average molecular weight is 380 g/mol. The van der Waals surface area contributed by atoms with Crippen molar-refractivity contribution >= 4 is 23.4 Å². The van der Waals surface area contributed by atoms with E-state index in [1.54, 1.807) is 19.2 Å². The van der Waals surface area contributed by atoms with E-state index in [0.717, 1.165) is 16.9 Å². The van der Waals surface area contributed by atoms with Crippen LogP contribution in [0.15, 0.2) is 48.5 Å². The van der Waals surface area contributed by atoms with E-state index in [1.807, 2.05) is 43.3 Å². The van der Waals surface area contributed by atoms with E-state index in [1.165, 1.54) is 16.7 Å². The first-order chi connectivity index (χ1) is 13.4. The van der Waals surface area contributed by atoms with Crippen LogP contribution in [0.4, 0.5) is 5.69 Å². The summed E-state index contributed by atoms with van der Waals surface area (Å²) in [5, 5.41) is 0. The lowest BCUT2D eigenvalue weighted by Gasteiger charge is -2.27. The van der Waals surface area contributed by atoms with Crippen LogP contribution in [0.25, 0.3) is 0 Å². The maximum Gasteiger partial charge on any atom is 0.257 e. The van der Waals surface area contributed by atoms with E-state index in [0.29, 0.717) is 18.7 Å². The molecule has 1 aliphatic heterocycles. The van der Waals surface area contributed by atoms with Crippen LogP contribution in [0, 0.1) is 6.92 Å².